The Morgan fingerprint density at radius 3 is 0.263 bits per heavy atom. The van der Waals surface area contributed by atoms with E-state index in [1.165, 1.54) is 386 Å². The van der Waals surface area contributed by atoms with E-state index in [9.17, 15) is 0 Å². The molecule has 0 heterocycles. The van der Waals surface area contributed by atoms with Crippen molar-refractivity contribution in [3.05, 3.63) is 0 Å². The molecule has 0 rings (SSSR count). The van der Waals surface area contributed by atoms with Gasteiger partial charge < -0.3 is 17.9 Å². The third-order valence-electron chi connectivity index (χ3n) is 16.7. The van der Waals surface area contributed by atoms with Crippen molar-refractivity contribution in [2.75, 3.05) is 111 Å². The summed E-state index contributed by atoms with van der Waals surface area (Å²) in [6.07, 6.45) is 81.5. The molecule has 0 amide bonds. The van der Waals surface area contributed by atoms with Crippen molar-refractivity contribution in [1.82, 2.24) is 0 Å². The second kappa shape index (κ2) is 68.0. The molecule has 4 heteroatoms. The summed E-state index contributed by atoms with van der Waals surface area (Å²) in [6, 6.07) is 0. The molecule has 0 atom stereocenters. The van der Waals surface area contributed by atoms with Crippen molar-refractivity contribution < 1.29 is 17.9 Å². The molecule has 488 valence electrons. The average Bonchev–Trinajstić information content (AvgIpc) is 3.38. The molecule has 0 N–H and O–H groups in total. The third kappa shape index (κ3) is 99.9. The standard InChI is InChI=1S/4C19H42N/c4*1-5-6-7-8-9-10-11-12-13-14-15-16-17-18-19-20(2,3)4/h4*5-19H2,1-4H3/q4*+1. The van der Waals surface area contributed by atoms with Crippen LogP contribution in [0.15, 0.2) is 0 Å². The summed E-state index contributed by atoms with van der Waals surface area (Å²) in [5.74, 6) is 0. The Balaban J connectivity index is -0.000000481. The van der Waals surface area contributed by atoms with E-state index in [4.69, 9.17) is 0 Å². The van der Waals surface area contributed by atoms with E-state index >= 15 is 0 Å². The fourth-order valence-corrected chi connectivity index (χ4v) is 11.1. The molecule has 0 aliphatic carbocycles. The van der Waals surface area contributed by atoms with Crippen molar-refractivity contribution in [1.29, 1.82) is 0 Å². The highest BCUT2D eigenvalue weighted by molar-refractivity contribution is 4.54. The molecular weight excluding hydrogens is 969 g/mol. The van der Waals surface area contributed by atoms with Crippen LogP contribution in [-0.2, 0) is 0 Å². The summed E-state index contributed by atoms with van der Waals surface area (Å²) in [7, 11) is 27.5. The van der Waals surface area contributed by atoms with Crippen molar-refractivity contribution in [3.8, 4) is 0 Å². The van der Waals surface area contributed by atoms with Crippen LogP contribution in [0.3, 0.4) is 0 Å². The smallest absolute Gasteiger partial charge is 0.0780 e. The van der Waals surface area contributed by atoms with Crippen LogP contribution in [0.1, 0.15) is 387 Å². The molecule has 0 aliphatic rings. The van der Waals surface area contributed by atoms with Crippen molar-refractivity contribution in [3.63, 3.8) is 0 Å². The first kappa shape index (κ1) is 86.3. The maximum absolute atomic E-state index is 2.29. The Morgan fingerprint density at radius 1 is 0.113 bits per heavy atom. The molecule has 4 nitrogen and oxygen atoms in total. The number of hydrogen-bond donors (Lipinski definition) is 0. The summed E-state index contributed by atoms with van der Waals surface area (Å²) in [5, 5.41) is 0. The van der Waals surface area contributed by atoms with Gasteiger partial charge in [0.1, 0.15) is 0 Å². The largest absolute Gasteiger partial charge is 0.331 e. The van der Waals surface area contributed by atoms with Gasteiger partial charge in [0, 0.05) is 0 Å². The second-order valence-electron chi connectivity index (χ2n) is 30.4. The number of rotatable bonds is 60. The summed E-state index contributed by atoms with van der Waals surface area (Å²) in [4.78, 5) is 0. The minimum Gasteiger partial charge on any atom is -0.331 e. The molecule has 80 heavy (non-hydrogen) atoms. The van der Waals surface area contributed by atoms with Crippen molar-refractivity contribution in [2.45, 2.75) is 387 Å². The molecule has 0 spiro atoms. The minimum atomic E-state index is 1.12. The lowest BCUT2D eigenvalue weighted by atomic mass is 10.0. The number of quaternary nitrogens is 4. The maximum Gasteiger partial charge on any atom is 0.0780 e. The van der Waals surface area contributed by atoms with E-state index < -0.39 is 0 Å². The Labute approximate surface area is 513 Å². The van der Waals surface area contributed by atoms with Gasteiger partial charge in [0.25, 0.3) is 0 Å². The summed E-state index contributed by atoms with van der Waals surface area (Å²) >= 11 is 0. The number of nitrogens with zero attached hydrogens (tertiary/aromatic N) is 4. The number of unbranched alkanes of at least 4 members (excludes halogenated alkanes) is 52. The summed E-state index contributed by atoms with van der Waals surface area (Å²) in [6.45, 7) is 14.5. The SMILES string of the molecule is CCCCCCCCCCCCCCCC[N+](C)(C)C.CCCCCCCCCCCCCCCC[N+](C)(C)C.CCCCCCCCCCCCCCCC[N+](C)(C)C.CCCCCCCCCCCCCCCC[N+](C)(C)C. The molecule has 0 fully saturated rings. The summed E-state index contributed by atoms with van der Waals surface area (Å²) in [5.41, 5.74) is 0. The van der Waals surface area contributed by atoms with Gasteiger partial charge in [-0.05, 0) is 51.4 Å². The first-order chi connectivity index (χ1) is 38.2. The van der Waals surface area contributed by atoms with Crippen molar-refractivity contribution >= 4 is 0 Å². The molecule has 0 aromatic carbocycles. The van der Waals surface area contributed by atoms with Crippen LogP contribution in [0.5, 0.6) is 0 Å². The van der Waals surface area contributed by atoms with Gasteiger partial charge in [0.2, 0.25) is 0 Å². The van der Waals surface area contributed by atoms with Crippen LogP contribution in [0.4, 0.5) is 0 Å². The van der Waals surface area contributed by atoms with E-state index in [1.54, 1.807) is 0 Å². The molecule has 0 aromatic heterocycles. The molecule has 0 radical (unpaired) electrons. The van der Waals surface area contributed by atoms with E-state index in [1.807, 2.05) is 0 Å². The van der Waals surface area contributed by atoms with E-state index in [0.717, 1.165) is 17.9 Å². The van der Waals surface area contributed by atoms with Crippen LogP contribution in [0.25, 0.3) is 0 Å². The highest BCUT2D eigenvalue weighted by atomic mass is 15.3. The first-order valence-electron chi connectivity index (χ1n) is 37.5. The zero-order valence-electron chi connectivity index (χ0n) is 60.2. The van der Waals surface area contributed by atoms with E-state index in [0.29, 0.717) is 0 Å². The second-order valence-corrected chi connectivity index (χ2v) is 30.4. The Bertz CT molecular complexity index is 891. The van der Waals surface area contributed by atoms with E-state index in [-0.39, 0.29) is 0 Å². The van der Waals surface area contributed by atoms with Gasteiger partial charge in [-0.2, -0.15) is 0 Å². The third-order valence-corrected chi connectivity index (χ3v) is 16.7. The van der Waals surface area contributed by atoms with Crippen LogP contribution < -0.4 is 0 Å². The Kier molecular flexibility index (Phi) is 73.3. The highest BCUT2D eigenvalue weighted by Crippen LogP contribution is 2.18. The van der Waals surface area contributed by atoms with Crippen molar-refractivity contribution in [2.24, 2.45) is 0 Å². The lowest BCUT2D eigenvalue weighted by Gasteiger charge is -2.23. The van der Waals surface area contributed by atoms with Gasteiger partial charge in [0.15, 0.2) is 0 Å². The lowest BCUT2D eigenvalue weighted by molar-refractivity contribution is -0.870. The van der Waals surface area contributed by atoms with Gasteiger partial charge in [-0.1, -0.05) is 336 Å². The number of hydrogen-bond acceptors (Lipinski definition) is 0. The predicted octanol–water partition coefficient (Wildman–Crippen LogP) is 24.7. The highest BCUT2D eigenvalue weighted by Gasteiger charge is 2.08. The molecular formula is C76H168N4+4. The normalized spacial score (nSPS) is 12.0. The first-order valence-corrected chi connectivity index (χ1v) is 37.5. The quantitative estimate of drug-likeness (QED) is 0.0421. The van der Waals surface area contributed by atoms with Gasteiger partial charge >= 0.3 is 0 Å². The van der Waals surface area contributed by atoms with E-state index in [2.05, 4.69) is 112 Å². The Morgan fingerprint density at radius 2 is 0.188 bits per heavy atom. The monoisotopic (exact) mass is 1140 g/mol. The van der Waals surface area contributed by atoms with Crippen LogP contribution in [-0.4, -0.2) is 129 Å². The van der Waals surface area contributed by atoms with Gasteiger partial charge in [0.05, 0.1) is 111 Å². The summed E-state index contributed by atoms with van der Waals surface area (Å²) < 4.78 is 4.49. The average molecular weight is 1140 g/mol. The molecule has 0 aromatic rings. The molecule has 0 unspecified atom stereocenters. The Hall–Kier alpha value is -0.160. The molecule has 0 bridgehead atoms. The lowest BCUT2D eigenvalue weighted by Crippen LogP contribution is -2.35. The van der Waals surface area contributed by atoms with Gasteiger partial charge in [-0.25, -0.2) is 0 Å². The van der Waals surface area contributed by atoms with Gasteiger partial charge in [-0.3, -0.25) is 0 Å². The fourth-order valence-electron chi connectivity index (χ4n) is 11.1. The zero-order valence-corrected chi connectivity index (χ0v) is 60.2. The van der Waals surface area contributed by atoms with Crippen LogP contribution >= 0.6 is 0 Å². The minimum absolute atomic E-state index is 1.12. The molecule has 0 aliphatic heterocycles. The van der Waals surface area contributed by atoms with Crippen LogP contribution in [0, 0.1) is 0 Å². The topological polar surface area (TPSA) is 0 Å². The predicted molar refractivity (Wildman–Crippen MR) is 373 cm³/mol. The maximum atomic E-state index is 2.29. The molecule has 0 saturated carbocycles. The van der Waals surface area contributed by atoms with Crippen LogP contribution in [0.2, 0.25) is 0 Å². The van der Waals surface area contributed by atoms with Gasteiger partial charge in [-0.15, -0.1) is 0 Å². The zero-order chi connectivity index (χ0) is 60.4. The molecule has 0 saturated heterocycles. The fraction of sp³-hybridized carbons (Fsp3) is 1.00.